The van der Waals surface area contributed by atoms with Gasteiger partial charge in [0.2, 0.25) is 5.91 Å². The highest BCUT2D eigenvalue weighted by molar-refractivity contribution is 6.30. The zero-order valence-corrected chi connectivity index (χ0v) is 10.3. The minimum atomic E-state index is -0.181. The van der Waals surface area contributed by atoms with Crippen LogP contribution in [0.25, 0.3) is 0 Å². The van der Waals surface area contributed by atoms with Gasteiger partial charge in [0.25, 0.3) is 0 Å². The summed E-state index contributed by atoms with van der Waals surface area (Å²) in [5.74, 6) is -0.181. The first-order chi connectivity index (χ1) is 8.67. The van der Waals surface area contributed by atoms with Crippen LogP contribution in [0.3, 0.4) is 0 Å². The number of amides is 1. The highest BCUT2D eigenvalue weighted by Crippen LogP contribution is 2.14. The molecule has 0 radical (unpaired) electrons. The van der Waals surface area contributed by atoms with E-state index >= 15 is 0 Å². The number of rotatable bonds is 4. The molecule has 0 saturated heterocycles. The van der Waals surface area contributed by atoms with Crippen molar-refractivity contribution in [3.8, 4) is 0 Å². The van der Waals surface area contributed by atoms with E-state index in [1.54, 1.807) is 35.0 Å². The highest BCUT2D eigenvalue weighted by Gasteiger charge is 2.05. The molecule has 1 aromatic carbocycles. The van der Waals surface area contributed by atoms with Crippen molar-refractivity contribution >= 4 is 23.2 Å². The number of nitrogens with zero attached hydrogens (tertiary/aromatic N) is 2. The summed E-state index contributed by atoms with van der Waals surface area (Å²) in [5, 5.41) is 12.2. The number of aliphatic hydroxyl groups is 1. The molecular formula is C12H12ClN3O2. The van der Waals surface area contributed by atoms with Gasteiger partial charge < -0.3 is 15.0 Å². The minimum Gasteiger partial charge on any atom is -0.390 e. The number of carbonyl (C=O) groups excluding carboxylic acids is 1. The molecule has 0 aliphatic carbocycles. The van der Waals surface area contributed by atoms with Crippen molar-refractivity contribution < 1.29 is 9.90 Å². The maximum atomic E-state index is 11.7. The summed E-state index contributed by atoms with van der Waals surface area (Å²) < 4.78 is 1.60. The highest BCUT2D eigenvalue weighted by atomic mass is 35.5. The molecule has 0 spiro atoms. The summed E-state index contributed by atoms with van der Waals surface area (Å²) in [6.07, 6.45) is 3.13. The second kappa shape index (κ2) is 5.66. The smallest absolute Gasteiger partial charge is 0.244 e. The molecule has 94 valence electrons. The van der Waals surface area contributed by atoms with Crippen LogP contribution in [0.5, 0.6) is 0 Å². The maximum absolute atomic E-state index is 11.7. The van der Waals surface area contributed by atoms with Crippen molar-refractivity contribution in [2.45, 2.75) is 13.2 Å². The lowest BCUT2D eigenvalue weighted by atomic mass is 10.3. The molecule has 1 aromatic heterocycles. The zero-order valence-electron chi connectivity index (χ0n) is 9.51. The predicted octanol–water partition coefficient (Wildman–Crippen LogP) is 1.67. The van der Waals surface area contributed by atoms with Gasteiger partial charge in [-0.05, 0) is 18.2 Å². The number of nitrogens with one attached hydrogen (secondary N) is 1. The van der Waals surface area contributed by atoms with E-state index in [9.17, 15) is 4.79 Å². The van der Waals surface area contributed by atoms with Gasteiger partial charge in [-0.2, -0.15) is 0 Å². The molecule has 0 atom stereocenters. The van der Waals surface area contributed by atoms with Gasteiger partial charge in [-0.1, -0.05) is 17.7 Å². The van der Waals surface area contributed by atoms with Crippen LogP contribution < -0.4 is 5.32 Å². The normalized spacial score (nSPS) is 10.3. The van der Waals surface area contributed by atoms with E-state index in [0.717, 1.165) is 0 Å². The monoisotopic (exact) mass is 265 g/mol. The molecule has 0 fully saturated rings. The maximum Gasteiger partial charge on any atom is 0.244 e. The predicted molar refractivity (Wildman–Crippen MR) is 68.2 cm³/mol. The standard InChI is InChI=1S/C12H12ClN3O2/c13-9-2-1-3-10(4-9)15-12(18)6-16-5-11(7-17)14-8-16/h1-5,8,17H,6-7H2,(H,15,18). The quantitative estimate of drug-likeness (QED) is 0.884. The molecule has 0 aliphatic heterocycles. The van der Waals surface area contributed by atoms with E-state index < -0.39 is 0 Å². The van der Waals surface area contributed by atoms with Crippen LogP contribution in [0, 0.1) is 0 Å². The Balaban J connectivity index is 1.96. The molecule has 0 aliphatic rings. The average Bonchev–Trinajstić information content (AvgIpc) is 2.76. The lowest BCUT2D eigenvalue weighted by Crippen LogP contribution is -2.17. The minimum absolute atomic E-state index is 0.136. The van der Waals surface area contributed by atoms with E-state index in [1.165, 1.54) is 6.33 Å². The van der Waals surface area contributed by atoms with Crippen LogP contribution in [0.4, 0.5) is 5.69 Å². The molecule has 2 aromatic rings. The van der Waals surface area contributed by atoms with Crippen molar-refractivity contribution in [2.75, 3.05) is 5.32 Å². The fourth-order valence-electron chi connectivity index (χ4n) is 1.51. The third kappa shape index (κ3) is 3.32. The van der Waals surface area contributed by atoms with E-state index in [2.05, 4.69) is 10.3 Å². The lowest BCUT2D eigenvalue weighted by molar-refractivity contribution is -0.116. The third-order valence-corrected chi connectivity index (χ3v) is 2.52. The number of halogens is 1. The van der Waals surface area contributed by atoms with Gasteiger partial charge >= 0.3 is 0 Å². The van der Waals surface area contributed by atoms with Crippen molar-refractivity contribution in [3.05, 3.63) is 47.5 Å². The second-order valence-corrected chi connectivity index (χ2v) is 4.19. The Morgan fingerprint density at radius 2 is 2.33 bits per heavy atom. The van der Waals surface area contributed by atoms with E-state index in [-0.39, 0.29) is 19.1 Å². The number of hydrogen-bond acceptors (Lipinski definition) is 3. The molecule has 0 bridgehead atoms. The second-order valence-electron chi connectivity index (χ2n) is 3.75. The molecule has 1 heterocycles. The van der Waals surface area contributed by atoms with Gasteiger partial charge in [-0.25, -0.2) is 4.98 Å². The number of carbonyl (C=O) groups is 1. The molecule has 2 N–H and O–H groups in total. The molecule has 1 amide bonds. The Bertz CT molecular complexity index is 554. The largest absolute Gasteiger partial charge is 0.390 e. The lowest BCUT2D eigenvalue weighted by Gasteiger charge is -2.05. The Kier molecular flexibility index (Phi) is 3.96. The number of aromatic nitrogens is 2. The fraction of sp³-hybridized carbons (Fsp3) is 0.167. The van der Waals surface area contributed by atoms with Gasteiger partial charge in [0.05, 0.1) is 18.6 Å². The molecule has 6 heteroatoms. The molecule has 2 rings (SSSR count). The number of hydrogen-bond donors (Lipinski definition) is 2. The summed E-state index contributed by atoms with van der Waals surface area (Å²) in [6, 6.07) is 6.93. The van der Waals surface area contributed by atoms with E-state index in [1.807, 2.05) is 0 Å². The average molecular weight is 266 g/mol. The van der Waals surface area contributed by atoms with Gasteiger partial charge in [0.15, 0.2) is 0 Å². The topological polar surface area (TPSA) is 67.2 Å². The molecule has 0 saturated carbocycles. The van der Waals surface area contributed by atoms with Crippen molar-refractivity contribution in [1.82, 2.24) is 9.55 Å². The van der Waals surface area contributed by atoms with Gasteiger partial charge in [0.1, 0.15) is 6.54 Å². The molecule has 18 heavy (non-hydrogen) atoms. The van der Waals surface area contributed by atoms with Crippen molar-refractivity contribution in [1.29, 1.82) is 0 Å². The van der Waals surface area contributed by atoms with Crippen LogP contribution in [-0.4, -0.2) is 20.6 Å². The summed E-state index contributed by atoms with van der Waals surface area (Å²) in [7, 11) is 0. The Hall–Kier alpha value is -1.85. The van der Waals surface area contributed by atoms with Crippen molar-refractivity contribution in [2.24, 2.45) is 0 Å². The Labute approximate surface area is 109 Å². The van der Waals surface area contributed by atoms with Gasteiger partial charge in [-0.3, -0.25) is 4.79 Å². The van der Waals surface area contributed by atoms with Crippen LogP contribution in [0.1, 0.15) is 5.69 Å². The number of anilines is 1. The summed E-state index contributed by atoms with van der Waals surface area (Å²) >= 11 is 5.82. The van der Waals surface area contributed by atoms with E-state index in [4.69, 9.17) is 16.7 Å². The Morgan fingerprint density at radius 1 is 1.50 bits per heavy atom. The van der Waals surface area contributed by atoms with E-state index in [0.29, 0.717) is 16.4 Å². The van der Waals surface area contributed by atoms with Crippen molar-refractivity contribution in [3.63, 3.8) is 0 Å². The summed E-state index contributed by atoms with van der Waals surface area (Å²) in [5.41, 5.74) is 1.18. The number of imidazole rings is 1. The van der Waals surface area contributed by atoms with Crippen LogP contribution in [-0.2, 0) is 17.9 Å². The first kappa shape index (κ1) is 12.6. The molecule has 0 unspecified atom stereocenters. The number of benzene rings is 1. The summed E-state index contributed by atoms with van der Waals surface area (Å²) in [6.45, 7) is 0.00241. The van der Waals surface area contributed by atoms with Gasteiger partial charge in [-0.15, -0.1) is 0 Å². The molecule has 5 nitrogen and oxygen atoms in total. The van der Waals surface area contributed by atoms with Crippen LogP contribution in [0.2, 0.25) is 5.02 Å². The summed E-state index contributed by atoms with van der Waals surface area (Å²) in [4.78, 5) is 15.6. The first-order valence-corrected chi connectivity index (χ1v) is 5.72. The Morgan fingerprint density at radius 3 is 3.00 bits per heavy atom. The molecular weight excluding hydrogens is 254 g/mol. The van der Waals surface area contributed by atoms with Crippen LogP contribution in [0.15, 0.2) is 36.8 Å². The van der Waals surface area contributed by atoms with Crippen LogP contribution >= 0.6 is 11.6 Å². The zero-order chi connectivity index (χ0) is 13.0. The first-order valence-electron chi connectivity index (χ1n) is 5.34. The SMILES string of the molecule is O=C(Cn1cnc(CO)c1)Nc1cccc(Cl)c1. The number of aliphatic hydroxyl groups excluding tert-OH is 1. The van der Waals surface area contributed by atoms with Gasteiger partial charge in [0, 0.05) is 16.9 Å². The fourth-order valence-corrected chi connectivity index (χ4v) is 1.70. The third-order valence-electron chi connectivity index (χ3n) is 2.28.